The zero-order valence-corrected chi connectivity index (χ0v) is 6.42. The van der Waals surface area contributed by atoms with Gasteiger partial charge in [-0.15, -0.1) is 0 Å². The molecule has 1 rings (SSSR count). The van der Waals surface area contributed by atoms with E-state index in [1.807, 2.05) is 0 Å². The highest BCUT2D eigenvalue weighted by atomic mass is 79.9. The average Bonchev–Trinajstić information content (AvgIpc) is 1.88. The van der Waals surface area contributed by atoms with Crippen LogP contribution in [0.5, 0.6) is 5.88 Å². The van der Waals surface area contributed by atoms with Crippen LogP contribution >= 0.6 is 15.9 Å². The van der Waals surface area contributed by atoms with Crippen molar-refractivity contribution in [3.63, 3.8) is 0 Å². The Bertz CT molecular complexity index is 204. The molecule has 48 valence electrons. The van der Waals surface area contributed by atoms with Gasteiger partial charge in [0.15, 0.2) is 0 Å². The maximum atomic E-state index is 4.79. The van der Waals surface area contributed by atoms with Crippen molar-refractivity contribution in [2.24, 2.45) is 0 Å². The van der Waals surface area contributed by atoms with Crippen LogP contribution in [0.4, 0.5) is 0 Å². The third kappa shape index (κ3) is 1.64. The fourth-order valence-corrected chi connectivity index (χ4v) is 0.717. The standard InChI is InChI=1S/C5H5BrN2O/c1-9-5-3-7-2-4(6)8-5/h2-3H,1H3. The molecule has 0 saturated heterocycles. The number of hydrogen-bond donors (Lipinski definition) is 0. The summed E-state index contributed by atoms with van der Waals surface area (Å²) in [5.74, 6) is 0.518. The minimum absolute atomic E-state index is 0.518. The lowest BCUT2D eigenvalue weighted by atomic mass is 10.7. The van der Waals surface area contributed by atoms with E-state index in [1.54, 1.807) is 19.5 Å². The van der Waals surface area contributed by atoms with E-state index in [4.69, 9.17) is 4.74 Å². The van der Waals surface area contributed by atoms with Gasteiger partial charge in [-0.25, -0.2) is 4.98 Å². The number of nitrogens with zero attached hydrogens (tertiary/aromatic N) is 2. The summed E-state index contributed by atoms with van der Waals surface area (Å²) in [7, 11) is 1.55. The first-order valence-corrected chi connectivity index (χ1v) is 3.14. The summed E-state index contributed by atoms with van der Waals surface area (Å²) in [6.07, 6.45) is 3.15. The van der Waals surface area contributed by atoms with Gasteiger partial charge in [0.1, 0.15) is 4.60 Å². The first kappa shape index (κ1) is 6.48. The molecule has 0 aliphatic heterocycles. The van der Waals surface area contributed by atoms with E-state index in [0.717, 1.165) is 0 Å². The number of aromatic nitrogens is 2. The SMILES string of the molecule is COc1cncc(Br)n1. The lowest BCUT2D eigenvalue weighted by Crippen LogP contribution is -1.87. The van der Waals surface area contributed by atoms with Crippen molar-refractivity contribution in [3.8, 4) is 5.88 Å². The summed E-state index contributed by atoms with van der Waals surface area (Å²) >= 11 is 3.15. The minimum Gasteiger partial charge on any atom is -0.480 e. The molecule has 0 aliphatic carbocycles. The van der Waals surface area contributed by atoms with Crippen LogP contribution in [0.3, 0.4) is 0 Å². The highest BCUT2D eigenvalue weighted by Gasteiger charge is 1.91. The van der Waals surface area contributed by atoms with Crippen molar-refractivity contribution in [1.82, 2.24) is 9.97 Å². The van der Waals surface area contributed by atoms with E-state index >= 15 is 0 Å². The first-order chi connectivity index (χ1) is 4.33. The van der Waals surface area contributed by atoms with Gasteiger partial charge in [0.25, 0.3) is 0 Å². The summed E-state index contributed by atoms with van der Waals surface area (Å²) in [4.78, 5) is 7.74. The average molecular weight is 189 g/mol. The first-order valence-electron chi connectivity index (χ1n) is 2.34. The van der Waals surface area contributed by atoms with E-state index in [0.29, 0.717) is 10.5 Å². The summed E-state index contributed by atoms with van der Waals surface area (Å²) in [5.41, 5.74) is 0. The highest BCUT2D eigenvalue weighted by molar-refractivity contribution is 9.10. The van der Waals surface area contributed by atoms with Crippen LogP contribution in [0, 0.1) is 0 Å². The monoisotopic (exact) mass is 188 g/mol. The Morgan fingerprint density at radius 2 is 2.33 bits per heavy atom. The molecule has 3 nitrogen and oxygen atoms in total. The highest BCUT2D eigenvalue weighted by Crippen LogP contribution is 2.08. The maximum absolute atomic E-state index is 4.79. The van der Waals surface area contributed by atoms with E-state index in [2.05, 4.69) is 25.9 Å². The van der Waals surface area contributed by atoms with Gasteiger partial charge in [-0.1, -0.05) is 0 Å². The molecule has 1 heterocycles. The van der Waals surface area contributed by atoms with Gasteiger partial charge >= 0.3 is 0 Å². The Morgan fingerprint density at radius 3 is 2.78 bits per heavy atom. The fraction of sp³-hybridized carbons (Fsp3) is 0.200. The predicted octanol–water partition coefficient (Wildman–Crippen LogP) is 1.25. The number of hydrogen-bond acceptors (Lipinski definition) is 3. The molecule has 0 N–H and O–H groups in total. The molecule has 0 spiro atoms. The van der Waals surface area contributed by atoms with Gasteiger partial charge in [0.05, 0.1) is 19.5 Å². The van der Waals surface area contributed by atoms with Crippen LogP contribution in [0.1, 0.15) is 0 Å². The third-order valence-electron chi connectivity index (χ3n) is 0.792. The number of halogens is 1. The molecule has 0 bridgehead atoms. The lowest BCUT2D eigenvalue weighted by Gasteiger charge is -1.94. The Morgan fingerprint density at radius 1 is 1.56 bits per heavy atom. The molecule has 0 atom stereocenters. The fourth-order valence-electron chi connectivity index (χ4n) is 0.424. The van der Waals surface area contributed by atoms with E-state index in [-0.39, 0.29) is 0 Å². The summed E-state index contributed by atoms with van der Waals surface area (Å²) < 4.78 is 5.47. The van der Waals surface area contributed by atoms with Crippen molar-refractivity contribution < 1.29 is 4.74 Å². The third-order valence-corrected chi connectivity index (χ3v) is 1.17. The second kappa shape index (κ2) is 2.77. The molecule has 0 aliphatic rings. The molecule has 1 aromatic heterocycles. The Kier molecular flexibility index (Phi) is 2.00. The lowest BCUT2D eigenvalue weighted by molar-refractivity contribution is 0.394. The molecule has 9 heavy (non-hydrogen) atoms. The van der Waals surface area contributed by atoms with Crippen LogP contribution in [0.25, 0.3) is 0 Å². The van der Waals surface area contributed by atoms with Crippen LogP contribution in [-0.2, 0) is 0 Å². The van der Waals surface area contributed by atoms with E-state index < -0.39 is 0 Å². The van der Waals surface area contributed by atoms with Crippen LogP contribution in [0.2, 0.25) is 0 Å². The van der Waals surface area contributed by atoms with Gasteiger partial charge in [-0.2, -0.15) is 0 Å². The Labute approximate surface area is 61.2 Å². The number of methoxy groups -OCH3 is 1. The molecule has 0 fully saturated rings. The summed E-state index contributed by atoms with van der Waals surface area (Å²) in [6, 6.07) is 0. The molecule has 0 amide bonds. The van der Waals surface area contributed by atoms with Gasteiger partial charge in [0.2, 0.25) is 5.88 Å². The quantitative estimate of drug-likeness (QED) is 0.666. The Hall–Kier alpha value is -0.640. The molecule has 0 aromatic carbocycles. The number of ether oxygens (including phenoxy) is 1. The molecule has 0 radical (unpaired) electrons. The van der Waals surface area contributed by atoms with Crippen molar-refractivity contribution in [1.29, 1.82) is 0 Å². The minimum atomic E-state index is 0.518. The molecule has 4 heteroatoms. The van der Waals surface area contributed by atoms with Gasteiger partial charge in [-0.05, 0) is 15.9 Å². The van der Waals surface area contributed by atoms with Crippen LogP contribution in [0.15, 0.2) is 17.0 Å². The second-order valence-corrected chi connectivity index (χ2v) is 2.20. The van der Waals surface area contributed by atoms with Crippen molar-refractivity contribution >= 4 is 15.9 Å². The largest absolute Gasteiger partial charge is 0.480 e. The van der Waals surface area contributed by atoms with E-state index in [1.165, 1.54) is 0 Å². The molecular weight excluding hydrogens is 184 g/mol. The number of rotatable bonds is 1. The molecule has 0 saturated carbocycles. The normalized spacial score (nSPS) is 9.11. The predicted molar refractivity (Wildman–Crippen MR) is 36.3 cm³/mol. The summed E-state index contributed by atoms with van der Waals surface area (Å²) in [6.45, 7) is 0. The zero-order chi connectivity index (χ0) is 6.69. The second-order valence-electron chi connectivity index (χ2n) is 1.38. The van der Waals surface area contributed by atoms with Crippen LogP contribution < -0.4 is 4.74 Å². The smallest absolute Gasteiger partial charge is 0.233 e. The zero-order valence-electron chi connectivity index (χ0n) is 4.84. The van der Waals surface area contributed by atoms with Crippen molar-refractivity contribution in [2.45, 2.75) is 0 Å². The van der Waals surface area contributed by atoms with Crippen LogP contribution in [-0.4, -0.2) is 17.1 Å². The molecular formula is C5H5BrN2O. The Balaban J connectivity index is 2.94. The van der Waals surface area contributed by atoms with E-state index in [9.17, 15) is 0 Å². The topological polar surface area (TPSA) is 35.0 Å². The molecule has 0 unspecified atom stereocenters. The maximum Gasteiger partial charge on any atom is 0.233 e. The van der Waals surface area contributed by atoms with Crippen molar-refractivity contribution in [2.75, 3.05) is 7.11 Å². The summed E-state index contributed by atoms with van der Waals surface area (Å²) in [5, 5.41) is 0. The molecule has 1 aromatic rings. The van der Waals surface area contributed by atoms with Crippen molar-refractivity contribution in [3.05, 3.63) is 17.0 Å². The van der Waals surface area contributed by atoms with Gasteiger partial charge < -0.3 is 4.74 Å². The van der Waals surface area contributed by atoms with Gasteiger partial charge in [-0.3, -0.25) is 4.98 Å². The van der Waals surface area contributed by atoms with Gasteiger partial charge in [0, 0.05) is 0 Å².